The van der Waals surface area contributed by atoms with Crippen LogP contribution in [0.4, 0.5) is 0 Å². The second-order valence-electron chi connectivity index (χ2n) is 4.10. The van der Waals surface area contributed by atoms with Crippen molar-refractivity contribution in [2.75, 3.05) is 13.0 Å². The first-order chi connectivity index (χ1) is 9.81. The van der Waals surface area contributed by atoms with E-state index in [0.717, 1.165) is 5.57 Å². The number of hydrogen-bond acceptors (Lipinski definition) is 5. The van der Waals surface area contributed by atoms with E-state index in [2.05, 4.69) is 11.2 Å². The second-order valence-corrected chi connectivity index (χ2v) is 4.98. The van der Waals surface area contributed by atoms with E-state index in [1.165, 1.54) is 11.1 Å². The lowest BCUT2D eigenvalue weighted by Gasteiger charge is -2.17. The SMILES string of the molecule is CSc1ccc[n+](COCN2C=CC(=CN=O)C=C2)c1. The van der Waals surface area contributed by atoms with E-state index in [1.807, 2.05) is 58.7 Å². The van der Waals surface area contributed by atoms with Gasteiger partial charge in [-0.2, -0.15) is 4.57 Å². The molecule has 104 valence electrons. The van der Waals surface area contributed by atoms with Gasteiger partial charge in [0.15, 0.2) is 12.4 Å². The molecule has 0 saturated carbocycles. The third-order valence-electron chi connectivity index (χ3n) is 2.67. The van der Waals surface area contributed by atoms with E-state index < -0.39 is 0 Å². The number of aromatic nitrogens is 1. The van der Waals surface area contributed by atoms with Gasteiger partial charge in [0.25, 0.3) is 6.73 Å². The molecule has 0 aromatic carbocycles. The van der Waals surface area contributed by atoms with Gasteiger partial charge in [0.2, 0.25) is 0 Å². The Kier molecular flexibility index (Phi) is 5.52. The number of nitrogens with zero attached hydrogens (tertiary/aromatic N) is 3. The Bertz CT molecular complexity index is 539. The summed E-state index contributed by atoms with van der Waals surface area (Å²) in [6, 6.07) is 4.06. The van der Waals surface area contributed by atoms with Crippen LogP contribution in [-0.4, -0.2) is 17.9 Å². The minimum atomic E-state index is 0.450. The monoisotopic (exact) mass is 290 g/mol. The van der Waals surface area contributed by atoms with E-state index in [1.54, 1.807) is 11.8 Å². The first kappa shape index (κ1) is 14.5. The summed E-state index contributed by atoms with van der Waals surface area (Å²) < 4.78 is 7.62. The number of allylic oxidation sites excluding steroid dienone is 3. The number of hydrogen-bond donors (Lipinski definition) is 0. The highest BCUT2D eigenvalue weighted by Gasteiger charge is 2.04. The van der Waals surface area contributed by atoms with Crippen LogP contribution in [0.15, 0.2) is 70.9 Å². The third kappa shape index (κ3) is 4.32. The quantitative estimate of drug-likeness (QED) is 0.459. The topological polar surface area (TPSA) is 45.8 Å². The fraction of sp³-hybridized carbons (Fsp3) is 0.214. The molecular formula is C14H16N3O2S+. The Balaban J connectivity index is 1.79. The van der Waals surface area contributed by atoms with E-state index in [-0.39, 0.29) is 0 Å². The van der Waals surface area contributed by atoms with Gasteiger partial charge in [-0.3, -0.25) is 0 Å². The van der Waals surface area contributed by atoms with Crippen molar-refractivity contribution >= 4 is 11.8 Å². The Morgan fingerprint density at radius 1 is 1.45 bits per heavy atom. The predicted molar refractivity (Wildman–Crippen MR) is 78.4 cm³/mol. The van der Waals surface area contributed by atoms with Gasteiger partial charge in [-0.15, -0.1) is 16.7 Å². The normalized spacial score (nSPS) is 13.7. The van der Waals surface area contributed by atoms with Crippen molar-refractivity contribution in [3.63, 3.8) is 0 Å². The Hall–Kier alpha value is -1.92. The average molecular weight is 290 g/mol. The van der Waals surface area contributed by atoms with Crippen LogP contribution >= 0.6 is 11.8 Å². The second kappa shape index (κ2) is 7.62. The highest BCUT2D eigenvalue weighted by Crippen LogP contribution is 2.10. The zero-order chi connectivity index (χ0) is 14.2. The average Bonchev–Trinajstić information content (AvgIpc) is 2.50. The van der Waals surface area contributed by atoms with Crippen molar-refractivity contribution in [1.82, 2.24) is 4.90 Å². The van der Waals surface area contributed by atoms with Crippen molar-refractivity contribution in [2.24, 2.45) is 5.18 Å². The molecule has 0 radical (unpaired) electrons. The number of ether oxygens (including phenoxy) is 1. The molecule has 20 heavy (non-hydrogen) atoms. The molecule has 0 atom stereocenters. The minimum absolute atomic E-state index is 0.450. The first-order valence-corrected chi connectivity index (χ1v) is 7.30. The van der Waals surface area contributed by atoms with Crippen LogP contribution in [-0.2, 0) is 11.5 Å². The Labute approximate surface area is 122 Å². The van der Waals surface area contributed by atoms with Gasteiger partial charge in [-0.05, 0) is 35.2 Å². The van der Waals surface area contributed by atoms with E-state index in [0.29, 0.717) is 13.5 Å². The maximum absolute atomic E-state index is 10.1. The Morgan fingerprint density at radius 2 is 2.25 bits per heavy atom. The van der Waals surface area contributed by atoms with Crippen molar-refractivity contribution in [1.29, 1.82) is 0 Å². The van der Waals surface area contributed by atoms with Gasteiger partial charge in [0.1, 0.15) is 6.73 Å². The van der Waals surface area contributed by atoms with Crippen LogP contribution in [0.25, 0.3) is 0 Å². The lowest BCUT2D eigenvalue weighted by molar-refractivity contribution is -0.735. The molecule has 0 N–H and O–H groups in total. The maximum Gasteiger partial charge on any atom is 0.254 e. The van der Waals surface area contributed by atoms with Crippen molar-refractivity contribution in [3.8, 4) is 0 Å². The predicted octanol–water partition coefficient (Wildman–Crippen LogP) is 2.62. The lowest BCUT2D eigenvalue weighted by atomic mass is 10.2. The molecule has 1 aromatic heterocycles. The molecule has 6 heteroatoms. The van der Waals surface area contributed by atoms with Crippen LogP contribution in [0.5, 0.6) is 0 Å². The van der Waals surface area contributed by atoms with Gasteiger partial charge in [-0.1, -0.05) is 0 Å². The molecule has 0 aliphatic carbocycles. The van der Waals surface area contributed by atoms with Crippen LogP contribution in [0.2, 0.25) is 0 Å². The molecule has 1 aliphatic rings. The zero-order valence-corrected chi connectivity index (χ0v) is 12.0. The van der Waals surface area contributed by atoms with Gasteiger partial charge >= 0.3 is 0 Å². The molecule has 2 heterocycles. The van der Waals surface area contributed by atoms with Gasteiger partial charge in [-0.25, -0.2) is 0 Å². The number of nitroso groups, excluding NO2 is 1. The summed E-state index contributed by atoms with van der Waals surface area (Å²) in [7, 11) is 0. The molecule has 0 amide bonds. The molecule has 2 rings (SSSR count). The van der Waals surface area contributed by atoms with E-state index in [4.69, 9.17) is 4.74 Å². The van der Waals surface area contributed by atoms with Crippen LogP contribution in [0.3, 0.4) is 0 Å². The van der Waals surface area contributed by atoms with Crippen LogP contribution in [0.1, 0.15) is 0 Å². The number of rotatable bonds is 6. The summed E-state index contributed by atoms with van der Waals surface area (Å²) >= 11 is 1.70. The van der Waals surface area contributed by atoms with E-state index in [9.17, 15) is 4.91 Å². The molecule has 0 fully saturated rings. The number of pyridine rings is 1. The molecule has 0 unspecified atom stereocenters. The molecule has 0 saturated heterocycles. The molecule has 5 nitrogen and oxygen atoms in total. The fourth-order valence-electron chi connectivity index (χ4n) is 1.65. The summed E-state index contributed by atoms with van der Waals surface area (Å²) in [5.74, 6) is 0. The number of thioether (sulfide) groups is 1. The van der Waals surface area contributed by atoms with Crippen molar-refractivity contribution < 1.29 is 9.30 Å². The lowest BCUT2D eigenvalue weighted by Crippen LogP contribution is -2.35. The zero-order valence-electron chi connectivity index (χ0n) is 11.2. The fourth-order valence-corrected chi connectivity index (χ4v) is 2.11. The molecule has 0 bridgehead atoms. The summed E-state index contributed by atoms with van der Waals surface area (Å²) in [6.45, 7) is 0.941. The minimum Gasteiger partial charge on any atom is -0.331 e. The maximum atomic E-state index is 10.1. The standard InChI is InChI=1S/C14H16N3O2S/c1-20-14-3-2-6-17(10-14)12-19-11-16-7-4-13(5-8-16)9-15-18/h2-10H,11-12H2,1H3/q+1. The summed E-state index contributed by atoms with van der Waals surface area (Å²) in [4.78, 5) is 13.2. The summed E-state index contributed by atoms with van der Waals surface area (Å²) in [5.41, 5.74) is 0.776. The van der Waals surface area contributed by atoms with Crippen LogP contribution in [0, 0.1) is 4.91 Å². The summed E-state index contributed by atoms with van der Waals surface area (Å²) in [6.07, 6.45) is 14.7. The largest absolute Gasteiger partial charge is 0.331 e. The Morgan fingerprint density at radius 3 is 2.95 bits per heavy atom. The van der Waals surface area contributed by atoms with Crippen LogP contribution < -0.4 is 4.57 Å². The molecule has 1 aliphatic heterocycles. The smallest absolute Gasteiger partial charge is 0.254 e. The first-order valence-electron chi connectivity index (χ1n) is 6.07. The van der Waals surface area contributed by atoms with Gasteiger partial charge in [0.05, 0.1) is 11.1 Å². The van der Waals surface area contributed by atoms with Crippen molar-refractivity contribution in [3.05, 3.63) is 65.8 Å². The highest BCUT2D eigenvalue weighted by atomic mass is 32.2. The molecule has 0 spiro atoms. The molecular weight excluding hydrogens is 274 g/mol. The van der Waals surface area contributed by atoms with Crippen molar-refractivity contribution in [2.45, 2.75) is 11.6 Å². The third-order valence-corrected chi connectivity index (χ3v) is 3.38. The van der Waals surface area contributed by atoms with Gasteiger partial charge in [0, 0.05) is 18.5 Å². The van der Waals surface area contributed by atoms with E-state index >= 15 is 0 Å². The summed E-state index contributed by atoms with van der Waals surface area (Å²) in [5, 5.41) is 2.73. The highest BCUT2D eigenvalue weighted by molar-refractivity contribution is 7.98. The van der Waals surface area contributed by atoms with Gasteiger partial charge < -0.3 is 9.64 Å². The molecule has 1 aromatic rings.